The van der Waals surface area contributed by atoms with E-state index in [2.05, 4.69) is 20.8 Å². The Labute approximate surface area is 119 Å². The molecule has 6 heteroatoms. The number of Topliss-reactive ketones (excluding diaryl/α,β-unsaturated/α-hetero) is 1. The second kappa shape index (κ2) is 6.35. The van der Waals surface area contributed by atoms with Crippen molar-refractivity contribution in [3.05, 3.63) is 0 Å². The highest BCUT2D eigenvalue weighted by atomic mass is 16.5. The molecule has 2 atom stereocenters. The van der Waals surface area contributed by atoms with E-state index in [1.165, 1.54) is 11.9 Å². The molecule has 1 aliphatic heterocycles. The van der Waals surface area contributed by atoms with Crippen LogP contribution in [0.2, 0.25) is 0 Å². The van der Waals surface area contributed by atoms with Crippen LogP contribution in [0.4, 0.5) is 0 Å². The second-order valence-corrected chi connectivity index (χ2v) is 6.07. The lowest BCUT2D eigenvalue weighted by molar-refractivity contribution is -0.140. The number of rotatable bonds is 6. The van der Waals surface area contributed by atoms with Gasteiger partial charge in [0, 0.05) is 13.5 Å². The third-order valence-corrected chi connectivity index (χ3v) is 4.09. The largest absolute Gasteiger partial charge is 0.367 e. The zero-order valence-electron chi connectivity index (χ0n) is 12.6. The lowest BCUT2D eigenvalue weighted by Gasteiger charge is -2.28. The van der Waals surface area contributed by atoms with Crippen LogP contribution < -0.4 is 5.73 Å². The number of hydrogen-bond acceptors (Lipinski definition) is 4. The van der Waals surface area contributed by atoms with Gasteiger partial charge in [-0.05, 0) is 11.8 Å². The molecule has 1 heterocycles. The number of nitrogens with zero attached hydrogens (tertiary/aromatic N) is 1. The quantitative estimate of drug-likeness (QED) is 0.768. The molecule has 0 saturated carbocycles. The number of primary amides is 1. The first-order valence-corrected chi connectivity index (χ1v) is 6.89. The van der Waals surface area contributed by atoms with Gasteiger partial charge in [0.05, 0.1) is 0 Å². The lowest BCUT2D eigenvalue weighted by Crippen LogP contribution is -2.50. The molecule has 20 heavy (non-hydrogen) atoms. The Morgan fingerprint density at radius 3 is 2.55 bits per heavy atom. The first kappa shape index (κ1) is 16.6. The summed E-state index contributed by atoms with van der Waals surface area (Å²) in [5.74, 6) is -1.16. The van der Waals surface area contributed by atoms with Gasteiger partial charge in [-0.3, -0.25) is 14.4 Å². The van der Waals surface area contributed by atoms with E-state index in [4.69, 9.17) is 10.5 Å². The molecule has 0 aliphatic carbocycles. The molecule has 0 spiro atoms. The first-order chi connectivity index (χ1) is 9.19. The van der Waals surface area contributed by atoms with Crippen molar-refractivity contribution in [1.29, 1.82) is 0 Å². The van der Waals surface area contributed by atoms with Crippen LogP contribution in [0.1, 0.15) is 40.0 Å². The van der Waals surface area contributed by atoms with E-state index in [0.29, 0.717) is 6.42 Å². The molecule has 6 nitrogen and oxygen atoms in total. The molecule has 0 radical (unpaired) electrons. The first-order valence-electron chi connectivity index (χ1n) is 6.89. The van der Waals surface area contributed by atoms with Gasteiger partial charge >= 0.3 is 0 Å². The maximum atomic E-state index is 12.2. The minimum absolute atomic E-state index is 0.0791. The minimum atomic E-state index is -1.03. The molecule has 1 saturated heterocycles. The van der Waals surface area contributed by atoms with Gasteiger partial charge in [-0.1, -0.05) is 27.2 Å². The third-order valence-electron chi connectivity index (χ3n) is 4.09. The molecule has 0 aromatic rings. The van der Waals surface area contributed by atoms with Gasteiger partial charge in [-0.25, -0.2) is 0 Å². The van der Waals surface area contributed by atoms with Crippen LogP contribution in [0.3, 0.4) is 0 Å². The van der Waals surface area contributed by atoms with Crippen LogP contribution in [0.25, 0.3) is 0 Å². The molecule has 1 rings (SSSR count). The molecule has 2 amide bonds. The summed E-state index contributed by atoms with van der Waals surface area (Å²) in [6.45, 7) is 6.09. The summed E-state index contributed by atoms with van der Waals surface area (Å²) in [6.07, 6.45) is 1.01. The average Bonchev–Trinajstić information content (AvgIpc) is 2.77. The van der Waals surface area contributed by atoms with Gasteiger partial charge in [0.15, 0.2) is 11.9 Å². The van der Waals surface area contributed by atoms with Gasteiger partial charge in [-0.2, -0.15) is 0 Å². The predicted octanol–water partition coefficient (Wildman–Crippen LogP) is 0.483. The van der Waals surface area contributed by atoms with E-state index >= 15 is 0 Å². The maximum Gasteiger partial charge on any atom is 0.249 e. The van der Waals surface area contributed by atoms with Gasteiger partial charge in [-0.15, -0.1) is 0 Å². The molecule has 0 aromatic carbocycles. The molecule has 0 bridgehead atoms. The molecule has 114 valence electrons. The van der Waals surface area contributed by atoms with E-state index in [9.17, 15) is 14.4 Å². The number of ketones is 1. The van der Waals surface area contributed by atoms with E-state index in [-0.39, 0.29) is 23.7 Å². The van der Waals surface area contributed by atoms with E-state index in [0.717, 1.165) is 12.8 Å². The number of carbonyl (C=O) groups excluding carboxylic acids is 3. The van der Waals surface area contributed by atoms with Crippen LogP contribution in [-0.2, 0) is 19.1 Å². The number of amides is 2. The Balaban J connectivity index is 2.68. The fraction of sp³-hybridized carbons (Fsp3) is 0.786. The normalized spacial score (nSPS) is 22.9. The van der Waals surface area contributed by atoms with Crippen LogP contribution in [0, 0.1) is 5.41 Å². The molecule has 1 aliphatic rings. The molecule has 1 fully saturated rings. The van der Waals surface area contributed by atoms with Crippen LogP contribution >= 0.6 is 0 Å². The summed E-state index contributed by atoms with van der Waals surface area (Å²) in [5, 5.41) is 0. The number of likely N-dealkylation sites (N-methyl/N-ethyl adjacent to an activating group) is 1. The van der Waals surface area contributed by atoms with Gasteiger partial charge in [0.25, 0.3) is 0 Å². The summed E-state index contributed by atoms with van der Waals surface area (Å²) in [4.78, 5) is 36.5. The number of hydrogen-bond donors (Lipinski definition) is 1. The van der Waals surface area contributed by atoms with Gasteiger partial charge in [0.1, 0.15) is 12.6 Å². The van der Waals surface area contributed by atoms with Crippen molar-refractivity contribution in [2.45, 2.75) is 52.2 Å². The molecular formula is C14H24N2O4. The van der Waals surface area contributed by atoms with Crippen molar-refractivity contribution >= 4 is 17.6 Å². The highest BCUT2D eigenvalue weighted by Gasteiger charge is 2.43. The Hall–Kier alpha value is -1.43. The number of nitrogens with two attached hydrogens (primary N) is 1. The van der Waals surface area contributed by atoms with Gasteiger partial charge < -0.3 is 15.4 Å². The van der Waals surface area contributed by atoms with Crippen molar-refractivity contribution in [2.24, 2.45) is 11.1 Å². The van der Waals surface area contributed by atoms with Crippen molar-refractivity contribution in [1.82, 2.24) is 4.90 Å². The Morgan fingerprint density at radius 1 is 1.45 bits per heavy atom. The smallest absolute Gasteiger partial charge is 0.249 e. The lowest BCUT2D eigenvalue weighted by atomic mass is 9.85. The van der Waals surface area contributed by atoms with E-state index in [1.807, 2.05) is 0 Å². The number of carbonyl (C=O) groups is 3. The summed E-state index contributed by atoms with van der Waals surface area (Å²) < 4.78 is 5.06. The molecule has 0 aromatic heterocycles. The summed E-state index contributed by atoms with van der Waals surface area (Å²) in [7, 11) is 1.52. The van der Waals surface area contributed by atoms with E-state index in [1.54, 1.807) is 0 Å². The average molecular weight is 284 g/mol. The van der Waals surface area contributed by atoms with E-state index < -0.39 is 18.1 Å². The zero-order valence-corrected chi connectivity index (χ0v) is 12.6. The van der Waals surface area contributed by atoms with Crippen LogP contribution in [0.5, 0.6) is 0 Å². The predicted molar refractivity (Wildman–Crippen MR) is 73.8 cm³/mol. The minimum Gasteiger partial charge on any atom is -0.367 e. The highest BCUT2D eigenvalue weighted by Crippen LogP contribution is 2.27. The zero-order chi connectivity index (χ0) is 15.5. The maximum absolute atomic E-state index is 12.2. The van der Waals surface area contributed by atoms with Crippen molar-refractivity contribution in [2.75, 3.05) is 13.7 Å². The Bertz CT molecular complexity index is 406. The van der Waals surface area contributed by atoms with Crippen molar-refractivity contribution in [3.8, 4) is 0 Å². The second-order valence-electron chi connectivity index (χ2n) is 6.07. The van der Waals surface area contributed by atoms with Crippen molar-refractivity contribution < 1.29 is 19.1 Å². The standard InChI is InChI=1S/C14H24N2O4/c1-5-14(2,3)7-6-10(18)16(4)11-9(17)8-20-12(11)13(15)19/h11-12H,5-8H2,1-4H3,(H2,15,19). The fourth-order valence-corrected chi connectivity index (χ4v) is 2.13. The Morgan fingerprint density at radius 2 is 2.05 bits per heavy atom. The summed E-state index contributed by atoms with van der Waals surface area (Å²) in [5.41, 5.74) is 5.28. The third kappa shape index (κ3) is 3.79. The number of ether oxygens (including phenoxy) is 1. The van der Waals surface area contributed by atoms with Gasteiger partial charge in [0.2, 0.25) is 11.8 Å². The molecule has 2 unspecified atom stereocenters. The van der Waals surface area contributed by atoms with Crippen LogP contribution in [-0.4, -0.2) is 48.3 Å². The highest BCUT2D eigenvalue weighted by molar-refractivity contribution is 5.98. The Kier molecular flexibility index (Phi) is 5.28. The fourth-order valence-electron chi connectivity index (χ4n) is 2.13. The molecular weight excluding hydrogens is 260 g/mol. The van der Waals surface area contributed by atoms with Crippen molar-refractivity contribution in [3.63, 3.8) is 0 Å². The van der Waals surface area contributed by atoms with Crippen LogP contribution in [0.15, 0.2) is 0 Å². The monoisotopic (exact) mass is 284 g/mol. The summed E-state index contributed by atoms with van der Waals surface area (Å²) >= 11 is 0. The SMILES string of the molecule is CCC(C)(C)CCC(=O)N(C)C1C(=O)COC1C(N)=O. The summed E-state index contributed by atoms with van der Waals surface area (Å²) in [6, 6.07) is -0.885. The molecule has 2 N–H and O–H groups in total. The topological polar surface area (TPSA) is 89.7 Å².